The van der Waals surface area contributed by atoms with Gasteiger partial charge in [0, 0.05) is 17.8 Å². The lowest BCUT2D eigenvalue weighted by atomic mass is 10.2. The quantitative estimate of drug-likeness (QED) is 0.535. The van der Waals surface area contributed by atoms with Gasteiger partial charge < -0.3 is 9.15 Å². The molecule has 0 aliphatic heterocycles. The van der Waals surface area contributed by atoms with Gasteiger partial charge in [-0.05, 0) is 30.3 Å². The van der Waals surface area contributed by atoms with Crippen molar-refractivity contribution in [2.75, 3.05) is 0 Å². The van der Waals surface area contributed by atoms with Crippen LogP contribution in [0.4, 0.5) is 5.69 Å². The highest BCUT2D eigenvalue weighted by Crippen LogP contribution is 2.29. The molecule has 21 heavy (non-hydrogen) atoms. The number of ether oxygens (including phenoxy) is 1. The molecule has 8 heteroatoms. The van der Waals surface area contributed by atoms with E-state index in [4.69, 9.17) is 9.15 Å². The van der Waals surface area contributed by atoms with E-state index in [1.807, 2.05) is 0 Å². The Morgan fingerprint density at radius 2 is 2.00 bits per heavy atom. The van der Waals surface area contributed by atoms with Crippen LogP contribution in [0.5, 0.6) is 11.6 Å². The lowest BCUT2D eigenvalue weighted by Gasteiger charge is -2.05. The molecular formula is C13H8N4O4. The van der Waals surface area contributed by atoms with Crippen molar-refractivity contribution in [1.29, 1.82) is 0 Å². The Bertz CT molecular complexity index is 756. The van der Waals surface area contributed by atoms with Crippen LogP contribution in [0.3, 0.4) is 0 Å². The predicted molar refractivity (Wildman–Crippen MR) is 70.7 cm³/mol. The van der Waals surface area contributed by atoms with Crippen LogP contribution in [0.15, 0.2) is 53.4 Å². The number of nitrogens with zero attached hydrogens (tertiary/aromatic N) is 4. The van der Waals surface area contributed by atoms with E-state index in [2.05, 4.69) is 15.2 Å². The summed E-state index contributed by atoms with van der Waals surface area (Å²) in [4.78, 5) is 14.2. The van der Waals surface area contributed by atoms with Crippen LogP contribution in [0, 0.1) is 10.1 Å². The molecule has 8 nitrogen and oxygen atoms in total. The summed E-state index contributed by atoms with van der Waals surface area (Å²) in [5.74, 6) is 0.735. The summed E-state index contributed by atoms with van der Waals surface area (Å²) in [7, 11) is 0. The number of hydrogen-bond donors (Lipinski definition) is 0. The Labute approximate surface area is 118 Å². The molecule has 3 aromatic rings. The number of nitro groups is 1. The van der Waals surface area contributed by atoms with Gasteiger partial charge in [0.15, 0.2) is 0 Å². The Morgan fingerprint density at radius 3 is 2.67 bits per heavy atom. The average Bonchev–Trinajstić information content (AvgIpc) is 3.03. The molecule has 0 bridgehead atoms. The van der Waals surface area contributed by atoms with Crippen LogP contribution >= 0.6 is 0 Å². The fourth-order valence-corrected chi connectivity index (χ4v) is 1.68. The monoisotopic (exact) mass is 284 g/mol. The molecule has 0 radical (unpaired) electrons. The van der Waals surface area contributed by atoms with Crippen molar-refractivity contribution in [3.8, 4) is 23.1 Å². The first-order valence-corrected chi connectivity index (χ1v) is 5.88. The lowest BCUT2D eigenvalue weighted by molar-refractivity contribution is -0.386. The predicted octanol–water partition coefficient (Wildman–Crippen LogP) is 2.83. The first-order chi connectivity index (χ1) is 10.2. The summed E-state index contributed by atoms with van der Waals surface area (Å²) >= 11 is 0. The molecule has 3 rings (SSSR count). The normalized spacial score (nSPS) is 10.3. The first-order valence-electron chi connectivity index (χ1n) is 5.88. The summed E-state index contributed by atoms with van der Waals surface area (Å²) in [6.07, 6.45) is 2.66. The SMILES string of the molecule is O=[N+]([O-])c1cccnc1Oc1ccc(-c2nnco2)cc1. The van der Waals surface area contributed by atoms with Crippen LogP contribution in [0.2, 0.25) is 0 Å². The zero-order valence-corrected chi connectivity index (χ0v) is 10.5. The molecule has 0 atom stereocenters. The van der Waals surface area contributed by atoms with Crippen molar-refractivity contribution in [3.63, 3.8) is 0 Å². The van der Waals surface area contributed by atoms with Gasteiger partial charge in [-0.3, -0.25) is 10.1 Å². The zero-order valence-electron chi connectivity index (χ0n) is 10.5. The van der Waals surface area contributed by atoms with E-state index >= 15 is 0 Å². The molecule has 0 aliphatic rings. The van der Waals surface area contributed by atoms with Gasteiger partial charge in [-0.25, -0.2) is 4.98 Å². The second-order valence-corrected chi connectivity index (χ2v) is 3.96. The smallest absolute Gasteiger partial charge is 0.331 e. The van der Waals surface area contributed by atoms with Crippen LogP contribution < -0.4 is 4.74 Å². The van der Waals surface area contributed by atoms with Crippen molar-refractivity contribution in [3.05, 3.63) is 59.1 Å². The summed E-state index contributed by atoms with van der Waals surface area (Å²) in [6, 6.07) is 9.49. The standard InChI is InChI=1S/C13H8N4O4/c18-17(19)11-2-1-7-14-13(11)21-10-5-3-9(4-6-10)12-16-15-8-20-12/h1-8H. The second kappa shape index (κ2) is 5.37. The van der Waals surface area contributed by atoms with Crippen LogP contribution in [-0.2, 0) is 0 Å². The third-order valence-corrected chi connectivity index (χ3v) is 2.62. The van der Waals surface area contributed by atoms with Gasteiger partial charge in [-0.2, -0.15) is 0 Å². The highest BCUT2D eigenvalue weighted by Gasteiger charge is 2.16. The van der Waals surface area contributed by atoms with E-state index in [1.54, 1.807) is 24.3 Å². The van der Waals surface area contributed by atoms with Gasteiger partial charge >= 0.3 is 5.69 Å². The number of pyridine rings is 1. The van der Waals surface area contributed by atoms with Crippen molar-refractivity contribution in [1.82, 2.24) is 15.2 Å². The molecule has 0 saturated carbocycles. The van der Waals surface area contributed by atoms with Gasteiger partial charge in [0.05, 0.1) is 4.92 Å². The van der Waals surface area contributed by atoms with Gasteiger partial charge in [-0.1, -0.05) is 0 Å². The third-order valence-electron chi connectivity index (χ3n) is 2.62. The Hall–Kier alpha value is -3.29. The minimum atomic E-state index is -0.546. The molecule has 0 saturated heterocycles. The molecule has 104 valence electrons. The van der Waals surface area contributed by atoms with E-state index in [1.165, 1.54) is 24.7 Å². The van der Waals surface area contributed by atoms with Gasteiger partial charge in [-0.15, -0.1) is 10.2 Å². The molecule has 0 unspecified atom stereocenters. The van der Waals surface area contributed by atoms with Crippen LogP contribution in [0.1, 0.15) is 0 Å². The maximum absolute atomic E-state index is 10.9. The molecule has 0 amide bonds. The van der Waals surface area contributed by atoms with Gasteiger partial charge in [0.1, 0.15) is 5.75 Å². The Balaban J connectivity index is 1.84. The fraction of sp³-hybridized carbons (Fsp3) is 0. The minimum absolute atomic E-state index is 0.0620. The average molecular weight is 284 g/mol. The van der Waals surface area contributed by atoms with Gasteiger partial charge in [0.2, 0.25) is 12.3 Å². The highest BCUT2D eigenvalue weighted by atomic mass is 16.6. The van der Waals surface area contributed by atoms with Crippen LogP contribution in [0.25, 0.3) is 11.5 Å². The highest BCUT2D eigenvalue weighted by molar-refractivity contribution is 5.54. The second-order valence-electron chi connectivity index (χ2n) is 3.96. The molecule has 0 aliphatic carbocycles. The Kier molecular flexibility index (Phi) is 3.26. The summed E-state index contributed by atoms with van der Waals surface area (Å²) in [5, 5.41) is 18.2. The van der Waals surface area contributed by atoms with Crippen molar-refractivity contribution in [2.45, 2.75) is 0 Å². The lowest BCUT2D eigenvalue weighted by Crippen LogP contribution is -1.95. The van der Waals surface area contributed by atoms with Crippen molar-refractivity contribution < 1.29 is 14.1 Å². The number of hydrogen-bond acceptors (Lipinski definition) is 7. The topological polar surface area (TPSA) is 104 Å². The van der Waals surface area contributed by atoms with E-state index in [-0.39, 0.29) is 11.6 Å². The maximum atomic E-state index is 10.9. The molecular weight excluding hydrogens is 276 g/mol. The number of benzene rings is 1. The summed E-state index contributed by atoms with van der Waals surface area (Å²) in [6.45, 7) is 0. The van der Waals surface area contributed by atoms with Crippen LogP contribution in [-0.4, -0.2) is 20.1 Å². The van der Waals surface area contributed by atoms with E-state index < -0.39 is 4.92 Å². The van der Waals surface area contributed by atoms with E-state index in [0.717, 1.165) is 5.56 Å². The molecule has 2 aromatic heterocycles. The fourth-order valence-electron chi connectivity index (χ4n) is 1.68. The molecule has 0 N–H and O–H groups in total. The number of aromatic nitrogens is 3. The molecule has 0 fully saturated rings. The minimum Gasteiger partial charge on any atom is -0.434 e. The summed E-state index contributed by atoms with van der Waals surface area (Å²) in [5.41, 5.74) is 0.522. The van der Waals surface area contributed by atoms with E-state index in [9.17, 15) is 10.1 Å². The zero-order chi connectivity index (χ0) is 14.7. The van der Waals surface area contributed by atoms with Gasteiger partial charge in [0.25, 0.3) is 5.88 Å². The first kappa shape index (κ1) is 12.7. The van der Waals surface area contributed by atoms with Crippen molar-refractivity contribution >= 4 is 5.69 Å². The molecule has 0 spiro atoms. The Morgan fingerprint density at radius 1 is 1.19 bits per heavy atom. The summed E-state index contributed by atoms with van der Waals surface area (Å²) < 4.78 is 10.5. The number of rotatable bonds is 4. The molecule has 2 heterocycles. The molecule has 1 aromatic carbocycles. The maximum Gasteiger partial charge on any atom is 0.331 e. The van der Waals surface area contributed by atoms with Crippen molar-refractivity contribution in [2.24, 2.45) is 0 Å². The third kappa shape index (κ3) is 2.68. The largest absolute Gasteiger partial charge is 0.434 e. The van der Waals surface area contributed by atoms with E-state index in [0.29, 0.717) is 11.6 Å².